The van der Waals surface area contributed by atoms with E-state index in [1.54, 1.807) is 6.92 Å². The van der Waals surface area contributed by atoms with Crippen LogP contribution in [0, 0.1) is 0 Å². The number of rotatable bonds is 8. The number of carboxylic acid groups (broad SMARTS) is 1. The highest BCUT2D eigenvalue weighted by atomic mass is 32.2. The van der Waals surface area contributed by atoms with Crippen molar-refractivity contribution in [1.29, 1.82) is 0 Å². The van der Waals surface area contributed by atoms with Crippen LogP contribution in [0.2, 0.25) is 0 Å². The smallest absolute Gasteiger partial charge is 0.335 e. The van der Waals surface area contributed by atoms with Gasteiger partial charge in [0.1, 0.15) is 10.6 Å². The molecule has 0 bridgehead atoms. The summed E-state index contributed by atoms with van der Waals surface area (Å²) in [6.45, 7) is 1.77. The summed E-state index contributed by atoms with van der Waals surface area (Å²) in [7, 11) is -2.57. The van der Waals surface area contributed by atoms with Gasteiger partial charge in [-0.2, -0.15) is 0 Å². The zero-order valence-electron chi connectivity index (χ0n) is 11.9. The van der Waals surface area contributed by atoms with Crippen LogP contribution in [-0.2, 0) is 10.0 Å². The molecule has 0 saturated heterocycles. The number of hydrogen-bond donors (Lipinski definition) is 3. The molecule has 1 atom stereocenters. The Hall–Kier alpha value is -1.64. The first-order valence-electron chi connectivity index (χ1n) is 6.37. The van der Waals surface area contributed by atoms with Crippen LogP contribution in [0.1, 0.15) is 30.1 Å². The van der Waals surface area contributed by atoms with Crippen molar-refractivity contribution >= 4 is 16.0 Å². The summed E-state index contributed by atoms with van der Waals surface area (Å²) in [4.78, 5) is 10.7. The quantitative estimate of drug-likeness (QED) is 0.612. The van der Waals surface area contributed by atoms with Crippen LogP contribution in [0.4, 0.5) is 0 Å². The van der Waals surface area contributed by atoms with Gasteiger partial charge in [-0.25, -0.2) is 17.9 Å². The first kappa shape index (κ1) is 17.4. The molecule has 0 saturated carbocycles. The highest BCUT2D eigenvalue weighted by Crippen LogP contribution is 2.24. The molecule has 7 nitrogen and oxygen atoms in total. The number of carboxylic acids is 1. The summed E-state index contributed by atoms with van der Waals surface area (Å²) >= 11 is 0. The summed E-state index contributed by atoms with van der Waals surface area (Å²) in [6, 6.07) is 3.62. The lowest BCUT2D eigenvalue weighted by atomic mass is 10.2. The Morgan fingerprint density at radius 1 is 1.43 bits per heavy atom. The van der Waals surface area contributed by atoms with Crippen LogP contribution in [0.25, 0.3) is 0 Å². The first-order chi connectivity index (χ1) is 9.77. The largest absolute Gasteiger partial charge is 0.495 e. The van der Waals surface area contributed by atoms with Gasteiger partial charge in [-0.15, -0.1) is 0 Å². The Balaban J connectivity index is 2.95. The van der Waals surface area contributed by atoms with E-state index in [-0.39, 0.29) is 22.8 Å². The van der Waals surface area contributed by atoms with Crippen LogP contribution >= 0.6 is 0 Å². The second-order valence-corrected chi connectivity index (χ2v) is 6.30. The van der Waals surface area contributed by atoms with Gasteiger partial charge in [0, 0.05) is 6.54 Å². The third-order valence-corrected chi connectivity index (χ3v) is 4.27. The molecule has 0 fully saturated rings. The van der Waals surface area contributed by atoms with E-state index in [1.165, 1.54) is 19.2 Å². The monoisotopic (exact) mass is 317 g/mol. The van der Waals surface area contributed by atoms with E-state index in [0.29, 0.717) is 12.8 Å². The van der Waals surface area contributed by atoms with Gasteiger partial charge in [0.25, 0.3) is 0 Å². The number of aliphatic hydroxyl groups excluding tert-OH is 1. The van der Waals surface area contributed by atoms with Gasteiger partial charge in [-0.1, -0.05) is 0 Å². The maximum atomic E-state index is 12.2. The fraction of sp³-hybridized carbons (Fsp3) is 0.462. The third kappa shape index (κ3) is 5.00. The molecule has 0 aliphatic carbocycles. The van der Waals surface area contributed by atoms with Gasteiger partial charge in [-0.05, 0) is 38.0 Å². The molecule has 1 aromatic carbocycles. The molecule has 0 heterocycles. The predicted molar refractivity (Wildman–Crippen MR) is 76.1 cm³/mol. The van der Waals surface area contributed by atoms with Crippen molar-refractivity contribution in [3.05, 3.63) is 23.8 Å². The Morgan fingerprint density at radius 3 is 2.62 bits per heavy atom. The topological polar surface area (TPSA) is 113 Å². The van der Waals surface area contributed by atoms with Crippen molar-refractivity contribution in [2.45, 2.75) is 30.8 Å². The van der Waals surface area contributed by atoms with Crippen molar-refractivity contribution in [2.75, 3.05) is 13.7 Å². The summed E-state index contributed by atoms with van der Waals surface area (Å²) in [5, 5.41) is 18.0. The number of carbonyl (C=O) groups is 1. The molecular formula is C13H19NO6S. The number of nitrogens with one attached hydrogen (secondary N) is 1. The molecule has 118 valence electrons. The molecule has 1 aromatic rings. The zero-order valence-corrected chi connectivity index (χ0v) is 12.7. The first-order valence-corrected chi connectivity index (χ1v) is 7.85. The lowest BCUT2D eigenvalue weighted by Gasteiger charge is -2.11. The molecule has 1 rings (SSSR count). The average molecular weight is 317 g/mol. The number of benzene rings is 1. The van der Waals surface area contributed by atoms with E-state index in [4.69, 9.17) is 14.9 Å². The minimum atomic E-state index is -3.88. The van der Waals surface area contributed by atoms with Crippen molar-refractivity contribution < 1.29 is 28.2 Å². The molecule has 0 radical (unpaired) electrons. The van der Waals surface area contributed by atoms with Crippen molar-refractivity contribution in [3.8, 4) is 5.75 Å². The molecule has 3 N–H and O–H groups in total. The van der Waals surface area contributed by atoms with Crippen molar-refractivity contribution in [3.63, 3.8) is 0 Å². The summed E-state index contributed by atoms with van der Waals surface area (Å²) in [5.41, 5.74) is -0.139. The van der Waals surface area contributed by atoms with E-state index in [2.05, 4.69) is 4.72 Å². The molecular weight excluding hydrogens is 298 g/mol. The summed E-state index contributed by atoms with van der Waals surface area (Å²) < 4.78 is 31.7. The second kappa shape index (κ2) is 7.39. The van der Waals surface area contributed by atoms with Crippen molar-refractivity contribution in [1.82, 2.24) is 4.72 Å². The molecule has 0 aliphatic rings. The predicted octanol–water partition coefficient (Wildman–Crippen LogP) is 0.833. The molecule has 0 spiro atoms. The van der Waals surface area contributed by atoms with E-state index in [1.807, 2.05) is 0 Å². The Morgan fingerprint density at radius 2 is 2.10 bits per heavy atom. The van der Waals surface area contributed by atoms with E-state index < -0.39 is 22.1 Å². The fourth-order valence-corrected chi connectivity index (χ4v) is 2.97. The van der Waals surface area contributed by atoms with E-state index in [0.717, 1.165) is 6.07 Å². The van der Waals surface area contributed by atoms with E-state index >= 15 is 0 Å². The Kier molecular flexibility index (Phi) is 6.13. The van der Waals surface area contributed by atoms with E-state index in [9.17, 15) is 13.2 Å². The normalized spacial score (nSPS) is 12.9. The summed E-state index contributed by atoms with van der Waals surface area (Å²) in [5.74, 6) is -1.15. The van der Waals surface area contributed by atoms with Gasteiger partial charge in [0.05, 0.1) is 18.8 Å². The number of methoxy groups -OCH3 is 1. The summed E-state index contributed by atoms with van der Waals surface area (Å²) in [6.07, 6.45) is 0.437. The highest BCUT2D eigenvalue weighted by Gasteiger charge is 2.21. The SMILES string of the molecule is COc1ccc(C(=O)O)cc1S(=O)(=O)NCCCC(C)O. The van der Waals surface area contributed by atoms with Crippen LogP contribution < -0.4 is 9.46 Å². The van der Waals surface area contributed by atoms with Crippen LogP contribution in [0.3, 0.4) is 0 Å². The minimum absolute atomic E-state index is 0.0722. The van der Waals surface area contributed by atoms with Crippen LogP contribution in [0.15, 0.2) is 23.1 Å². The Bertz CT molecular complexity index is 597. The van der Waals surface area contributed by atoms with Gasteiger partial charge in [-0.3, -0.25) is 0 Å². The molecule has 21 heavy (non-hydrogen) atoms. The number of aliphatic hydroxyl groups is 1. The number of hydrogen-bond acceptors (Lipinski definition) is 5. The zero-order chi connectivity index (χ0) is 16.0. The number of sulfonamides is 1. The van der Waals surface area contributed by atoms with Gasteiger partial charge >= 0.3 is 5.97 Å². The fourth-order valence-electron chi connectivity index (χ4n) is 1.70. The highest BCUT2D eigenvalue weighted by molar-refractivity contribution is 7.89. The molecule has 8 heteroatoms. The standard InChI is InChI=1S/C13H19NO6S/c1-9(15)4-3-7-14-21(18,19)12-8-10(13(16)17)5-6-11(12)20-2/h5-6,8-9,14-15H,3-4,7H2,1-2H3,(H,16,17). The number of aromatic carboxylic acids is 1. The third-order valence-electron chi connectivity index (χ3n) is 2.79. The van der Waals surface area contributed by atoms with Crippen LogP contribution in [0.5, 0.6) is 5.75 Å². The maximum Gasteiger partial charge on any atom is 0.335 e. The van der Waals surface area contributed by atoms with Gasteiger partial charge in [0.2, 0.25) is 10.0 Å². The Labute approximate surface area is 123 Å². The lowest BCUT2D eigenvalue weighted by molar-refractivity contribution is 0.0696. The van der Waals surface area contributed by atoms with Crippen molar-refractivity contribution in [2.24, 2.45) is 0 Å². The molecule has 0 aliphatic heterocycles. The minimum Gasteiger partial charge on any atom is -0.495 e. The molecule has 1 unspecified atom stereocenters. The maximum absolute atomic E-state index is 12.2. The van der Waals surface area contributed by atoms with Gasteiger partial charge in [0.15, 0.2) is 0 Å². The van der Waals surface area contributed by atoms with Crippen LogP contribution in [-0.4, -0.2) is 44.4 Å². The average Bonchev–Trinajstić information content (AvgIpc) is 2.42. The number of ether oxygens (including phenoxy) is 1. The molecule has 0 amide bonds. The lowest BCUT2D eigenvalue weighted by Crippen LogP contribution is -2.26. The second-order valence-electron chi connectivity index (χ2n) is 4.56. The molecule has 0 aromatic heterocycles. The van der Waals surface area contributed by atoms with Gasteiger partial charge < -0.3 is 14.9 Å².